The number of unbranched alkanes of at least 4 members (excludes halogenated alkanes) is 2. The molecule has 0 amide bonds. The molecule has 1 aliphatic rings. The largest absolute Gasteiger partial charge is 0.478 e. The summed E-state index contributed by atoms with van der Waals surface area (Å²) < 4.78 is 8.48. The number of rotatable bonds is 8. The minimum Gasteiger partial charge on any atom is -0.478 e. The molecule has 5 nitrogen and oxygen atoms in total. The van der Waals surface area contributed by atoms with E-state index in [0.717, 1.165) is 67.3 Å². The molecule has 3 aromatic rings. The number of hydrogen-bond acceptors (Lipinski definition) is 3. The summed E-state index contributed by atoms with van der Waals surface area (Å²) in [5, 5.41) is 20.2. The molecular weight excluding hydrogens is 388 g/mol. The zero-order valence-corrected chi connectivity index (χ0v) is 17.9. The number of carboxylic acids is 1. The first-order valence-electron chi connectivity index (χ1n) is 11.1. The molecule has 1 heterocycles. The summed E-state index contributed by atoms with van der Waals surface area (Å²) in [6, 6.07) is 15.3. The van der Waals surface area contributed by atoms with E-state index in [-0.39, 0.29) is 6.10 Å². The summed E-state index contributed by atoms with van der Waals surface area (Å²) in [5.41, 5.74) is 4.97. The number of carbonyl (C=O) groups is 1. The highest BCUT2D eigenvalue weighted by atomic mass is 16.5. The Hall–Kier alpha value is -3.10. The lowest BCUT2D eigenvalue weighted by molar-refractivity contribution is 0.0336. The Labute approximate surface area is 182 Å². The van der Waals surface area contributed by atoms with Crippen LogP contribution in [0.5, 0.6) is 0 Å². The van der Waals surface area contributed by atoms with Gasteiger partial charge in [-0.25, -0.2) is 4.79 Å². The summed E-state index contributed by atoms with van der Waals surface area (Å²) in [6.07, 6.45) is 6.20. The predicted octanol–water partition coefficient (Wildman–Crippen LogP) is 5.84. The van der Waals surface area contributed by atoms with Crippen molar-refractivity contribution in [2.24, 2.45) is 0 Å². The highest BCUT2D eigenvalue weighted by Crippen LogP contribution is 2.40. The summed E-state index contributed by atoms with van der Waals surface area (Å²) in [7, 11) is 0. The smallest absolute Gasteiger partial charge is 0.337 e. The van der Waals surface area contributed by atoms with Crippen LogP contribution in [0.1, 0.15) is 77.9 Å². The first-order chi connectivity index (χ1) is 15.1. The lowest BCUT2D eigenvalue weighted by Crippen LogP contribution is -2.18. The molecule has 1 unspecified atom stereocenters. The quantitative estimate of drug-likeness (QED) is 0.468. The molecule has 0 radical (unpaired) electrons. The van der Waals surface area contributed by atoms with Gasteiger partial charge in [0.1, 0.15) is 0 Å². The molecular formula is C26H28N2O3. The SMILES string of the molecule is CCCCCOC1CCCc2c1n(Cc1cccc(C#N)c1)c1c(C(=O)O)cccc21. The third-order valence-electron chi connectivity index (χ3n) is 6.12. The third-order valence-corrected chi connectivity index (χ3v) is 6.12. The van der Waals surface area contributed by atoms with Gasteiger partial charge >= 0.3 is 5.97 Å². The maximum atomic E-state index is 12.1. The summed E-state index contributed by atoms with van der Waals surface area (Å²) in [5.74, 6) is -0.923. The van der Waals surface area contributed by atoms with Crippen molar-refractivity contribution in [1.82, 2.24) is 4.57 Å². The number of aromatic carboxylic acids is 1. The van der Waals surface area contributed by atoms with Gasteiger partial charge in [-0.2, -0.15) is 5.26 Å². The van der Waals surface area contributed by atoms with Crippen molar-refractivity contribution < 1.29 is 14.6 Å². The molecule has 2 aromatic carbocycles. The average Bonchev–Trinajstić information content (AvgIpc) is 3.11. The minimum absolute atomic E-state index is 0.0335. The first kappa shape index (κ1) is 21.1. The highest BCUT2D eigenvalue weighted by Gasteiger charge is 2.30. The van der Waals surface area contributed by atoms with Crippen molar-refractivity contribution in [2.75, 3.05) is 6.61 Å². The van der Waals surface area contributed by atoms with E-state index in [9.17, 15) is 15.2 Å². The Morgan fingerprint density at radius 2 is 2.10 bits per heavy atom. The van der Waals surface area contributed by atoms with E-state index in [0.29, 0.717) is 17.7 Å². The molecule has 1 aliphatic carbocycles. The van der Waals surface area contributed by atoms with E-state index in [1.165, 1.54) is 5.56 Å². The van der Waals surface area contributed by atoms with Crippen molar-refractivity contribution in [1.29, 1.82) is 5.26 Å². The number of fused-ring (bicyclic) bond motifs is 3. The normalized spacial score (nSPS) is 15.5. The second-order valence-electron chi connectivity index (χ2n) is 8.23. The van der Waals surface area contributed by atoms with Gasteiger partial charge < -0.3 is 14.4 Å². The highest BCUT2D eigenvalue weighted by molar-refractivity contribution is 6.04. The molecule has 31 heavy (non-hydrogen) atoms. The van der Waals surface area contributed by atoms with Gasteiger partial charge in [-0.3, -0.25) is 0 Å². The molecule has 0 spiro atoms. The Morgan fingerprint density at radius 3 is 2.87 bits per heavy atom. The maximum absolute atomic E-state index is 12.1. The minimum atomic E-state index is -0.923. The fourth-order valence-electron chi connectivity index (χ4n) is 4.73. The van der Waals surface area contributed by atoms with E-state index in [2.05, 4.69) is 17.6 Å². The van der Waals surface area contributed by atoms with Crippen molar-refractivity contribution in [3.63, 3.8) is 0 Å². The van der Waals surface area contributed by atoms with E-state index in [1.54, 1.807) is 12.1 Å². The monoisotopic (exact) mass is 416 g/mol. The molecule has 0 saturated carbocycles. The number of carboxylic acid groups (broad SMARTS) is 1. The van der Waals surface area contributed by atoms with Crippen LogP contribution >= 0.6 is 0 Å². The number of aryl methyl sites for hydroxylation is 1. The Morgan fingerprint density at radius 1 is 1.26 bits per heavy atom. The Kier molecular flexibility index (Phi) is 6.39. The number of nitriles is 1. The van der Waals surface area contributed by atoms with Crippen LogP contribution in [-0.2, 0) is 17.7 Å². The lowest BCUT2D eigenvalue weighted by atomic mass is 9.93. The molecule has 0 fully saturated rings. The van der Waals surface area contributed by atoms with Crippen LogP contribution in [0.25, 0.3) is 10.9 Å². The molecule has 1 N–H and O–H groups in total. The van der Waals surface area contributed by atoms with E-state index in [4.69, 9.17) is 4.74 Å². The molecule has 4 rings (SSSR count). The van der Waals surface area contributed by atoms with Gasteiger partial charge in [0.25, 0.3) is 0 Å². The Bertz CT molecular complexity index is 1140. The molecule has 0 aliphatic heterocycles. The zero-order valence-electron chi connectivity index (χ0n) is 17.9. The Balaban J connectivity index is 1.85. The van der Waals surface area contributed by atoms with Crippen LogP contribution < -0.4 is 0 Å². The summed E-state index contributed by atoms with van der Waals surface area (Å²) in [4.78, 5) is 12.1. The molecule has 1 atom stereocenters. The standard InChI is InChI=1S/C26H28N2O3/c1-2-3-4-14-31-23-13-7-11-21-20-10-6-12-22(26(29)30)24(20)28(25(21)23)17-19-9-5-8-18(15-19)16-27/h5-6,8-10,12,15,23H,2-4,7,11,13-14,17H2,1H3,(H,29,30). The van der Waals surface area contributed by atoms with Gasteiger partial charge in [0.2, 0.25) is 0 Å². The van der Waals surface area contributed by atoms with Gasteiger partial charge in [0.15, 0.2) is 0 Å². The van der Waals surface area contributed by atoms with Gasteiger partial charge in [-0.05, 0) is 55.0 Å². The fraction of sp³-hybridized carbons (Fsp3) is 0.385. The number of benzene rings is 2. The van der Waals surface area contributed by atoms with Gasteiger partial charge in [-0.15, -0.1) is 0 Å². The van der Waals surface area contributed by atoms with Crippen LogP contribution in [0.15, 0.2) is 42.5 Å². The van der Waals surface area contributed by atoms with E-state index in [1.807, 2.05) is 30.3 Å². The van der Waals surface area contributed by atoms with Gasteiger partial charge in [-0.1, -0.05) is 44.0 Å². The number of ether oxygens (including phenoxy) is 1. The first-order valence-corrected chi connectivity index (χ1v) is 11.1. The maximum Gasteiger partial charge on any atom is 0.337 e. The summed E-state index contributed by atoms with van der Waals surface area (Å²) in [6.45, 7) is 3.41. The molecule has 5 heteroatoms. The van der Waals surface area contributed by atoms with Crippen molar-refractivity contribution in [2.45, 2.75) is 58.1 Å². The molecule has 0 saturated heterocycles. The van der Waals surface area contributed by atoms with Gasteiger partial charge in [0, 0.05) is 18.5 Å². The third kappa shape index (κ3) is 4.22. The number of nitrogens with zero attached hydrogens (tertiary/aromatic N) is 2. The second-order valence-corrected chi connectivity index (χ2v) is 8.23. The van der Waals surface area contributed by atoms with Crippen LogP contribution in [0.3, 0.4) is 0 Å². The zero-order chi connectivity index (χ0) is 21.8. The predicted molar refractivity (Wildman–Crippen MR) is 120 cm³/mol. The van der Waals surface area contributed by atoms with E-state index < -0.39 is 5.97 Å². The van der Waals surface area contributed by atoms with Crippen LogP contribution in [0.2, 0.25) is 0 Å². The lowest BCUT2D eigenvalue weighted by Gasteiger charge is -2.26. The van der Waals surface area contributed by atoms with Crippen molar-refractivity contribution in [3.8, 4) is 6.07 Å². The molecule has 0 bridgehead atoms. The average molecular weight is 417 g/mol. The second kappa shape index (κ2) is 9.36. The van der Waals surface area contributed by atoms with Gasteiger partial charge in [0.05, 0.1) is 34.5 Å². The van der Waals surface area contributed by atoms with Crippen LogP contribution in [0.4, 0.5) is 0 Å². The summed E-state index contributed by atoms with van der Waals surface area (Å²) >= 11 is 0. The molecule has 160 valence electrons. The van der Waals surface area contributed by atoms with Crippen molar-refractivity contribution >= 4 is 16.9 Å². The van der Waals surface area contributed by atoms with Crippen LogP contribution in [0, 0.1) is 11.3 Å². The number of hydrogen-bond donors (Lipinski definition) is 1. The molecule has 1 aromatic heterocycles. The van der Waals surface area contributed by atoms with Crippen LogP contribution in [-0.4, -0.2) is 22.2 Å². The number of para-hydroxylation sites is 1. The number of aromatic nitrogens is 1. The topological polar surface area (TPSA) is 75.2 Å². The fourth-order valence-corrected chi connectivity index (χ4v) is 4.73. The van der Waals surface area contributed by atoms with Crippen molar-refractivity contribution in [3.05, 3.63) is 70.4 Å². The van der Waals surface area contributed by atoms with E-state index >= 15 is 0 Å².